The number of benzene rings is 2. The van der Waals surface area contributed by atoms with Crippen LogP contribution in [-0.2, 0) is 14.8 Å². The molecule has 1 heterocycles. The summed E-state index contributed by atoms with van der Waals surface area (Å²) in [5, 5.41) is 2.89. The lowest BCUT2D eigenvalue weighted by atomic mass is 10.2. The van der Waals surface area contributed by atoms with Crippen molar-refractivity contribution in [1.29, 1.82) is 0 Å². The molecular formula is C20H22ClN3O4S. The van der Waals surface area contributed by atoms with E-state index in [-0.39, 0.29) is 21.5 Å². The monoisotopic (exact) mass is 435 g/mol. The lowest BCUT2D eigenvalue weighted by Crippen LogP contribution is -2.36. The molecule has 2 aromatic rings. The van der Waals surface area contributed by atoms with Crippen LogP contribution in [0.3, 0.4) is 0 Å². The number of carbonyl (C=O) groups is 1. The molecule has 2 aliphatic rings. The Morgan fingerprint density at radius 1 is 1.07 bits per heavy atom. The highest BCUT2D eigenvalue weighted by molar-refractivity contribution is 7.89. The quantitative estimate of drug-likeness (QED) is 0.728. The summed E-state index contributed by atoms with van der Waals surface area (Å²) in [6.07, 6.45) is 1.63. The topological polar surface area (TPSA) is 87.7 Å². The molecule has 7 nitrogen and oxygen atoms in total. The summed E-state index contributed by atoms with van der Waals surface area (Å²) in [7, 11) is -3.75. The van der Waals surface area contributed by atoms with Crippen LogP contribution in [0.15, 0.2) is 47.4 Å². The molecule has 29 heavy (non-hydrogen) atoms. The second kappa shape index (κ2) is 8.31. The SMILES string of the molecule is O=C(Nc1ccc(N2CCOCC2)cc1)c1ccc(Cl)c(S(=O)(=O)NC2CC2)c1. The molecule has 0 radical (unpaired) electrons. The summed E-state index contributed by atoms with van der Waals surface area (Å²) in [4.78, 5) is 14.8. The van der Waals surface area contributed by atoms with Gasteiger partial charge < -0.3 is 15.0 Å². The van der Waals surface area contributed by atoms with E-state index in [0.717, 1.165) is 31.6 Å². The minimum absolute atomic E-state index is 0.0430. The van der Waals surface area contributed by atoms with Crippen molar-refractivity contribution in [2.24, 2.45) is 0 Å². The van der Waals surface area contributed by atoms with Gasteiger partial charge in [0.1, 0.15) is 4.90 Å². The van der Waals surface area contributed by atoms with Crippen LogP contribution in [0.2, 0.25) is 5.02 Å². The maximum absolute atomic E-state index is 12.6. The zero-order valence-corrected chi connectivity index (χ0v) is 17.3. The Hall–Kier alpha value is -2.13. The Morgan fingerprint density at radius 2 is 1.76 bits per heavy atom. The number of sulfonamides is 1. The molecule has 2 fully saturated rings. The largest absolute Gasteiger partial charge is 0.378 e. The van der Waals surface area contributed by atoms with Crippen LogP contribution in [0.1, 0.15) is 23.2 Å². The van der Waals surface area contributed by atoms with E-state index in [4.69, 9.17) is 16.3 Å². The molecule has 0 bridgehead atoms. The molecule has 2 aromatic carbocycles. The van der Waals surface area contributed by atoms with Crippen molar-refractivity contribution >= 4 is 38.9 Å². The number of nitrogens with one attached hydrogen (secondary N) is 2. The number of hydrogen-bond donors (Lipinski definition) is 2. The van der Waals surface area contributed by atoms with Gasteiger partial charge in [0.05, 0.1) is 18.2 Å². The van der Waals surface area contributed by atoms with Crippen LogP contribution in [-0.4, -0.2) is 46.7 Å². The van der Waals surface area contributed by atoms with Gasteiger partial charge in [-0.05, 0) is 55.3 Å². The number of ether oxygens (including phenoxy) is 1. The van der Waals surface area contributed by atoms with E-state index in [1.807, 2.05) is 24.3 Å². The molecule has 154 valence electrons. The first kappa shape index (κ1) is 20.2. The first-order chi connectivity index (χ1) is 13.9. The summed E-state index contributed by atoms with van der Waals surface area (Å²) >= 11 is 6.08. The minimum Gasteiger partial charge on any atom is -0.378 e. The van der Waals surface area contributed by atoms with E-state index in [0.29, 0.717) is 18.9 Å². The molecule has 2 N–H and O–H groups in total. The lowest BCUT2D eigenvalue weighted by molar-refractivity contribution is 0.102. The van der Waals surface area contributed by atoms with E-state index in [1.165, 1.54) is 18.2 Å². The van der Waals surface area contributed by atoms with Gasteiger partial charge in [-0.1, -0.05) is 11.6 Å². The van der Waals surface area contributed by atoms with Gasteiger partial charge >= 0.3 is 0 Å². The maximum Gasteiger partial charge on any atom is 0.255 e. The third-order valence-corrected chi connectivity index (χ3v) is 6.89. The van der Waals surface area contributed by atoms with E-state index >= 15 is 0 Å². The summed E-state index contributed by atoms with van der Waals surface area (Å²) in [6.45, 7) is 3.08. The highest BCUT2D eigenvalue weighted by atomic mass is 35.5. The van der Waals surface area contributed by atoms with Gasteiger partial charge in [0.25, 0.3) is 5.91 Å². The molecule has 1 amide bonds. The molecule has 9 heteroatoms. The predicted octanol–water partition coefficient (Wildman–Crippen LogP) is 2.87. The van der Waals surface area contributed by atoms with Crippen LogP contribution in [0.5, 0.6) is 0 Å². The van der Waals surface area contributed by atoms with Crippen molar-refractivity contribution in [3.05, 3.63) is 53.1 Å². The zero-order valence-electron chi connectivity index (χ0n) is 15.7. The number of halogens is 1. The van der Waals surface area contributed by atoms with Crippen molar-refractivity contribution in [1.82, 2.24) is 4.72 Å². The van der Waals surface area contributed by atoms with Crippen molar-refractivity contribution in [3.8, 4) is 0 Å². The summed E-state index contributed by atoms with van der Waals surface area (Å²) in [5.41, 5.74) is 1.92. The fraction of sp³-hybridized carbons (Fsp3) is 0.350. The standard InChI is InChI=1S/C20H22ClN3O4S/c21-18-8-1-14(13-19(18)29(26,27)23-16-2-3-16)20(25)22-15-4-6-17(7-5-15)24-9-11-28-12-10-24/h1,4-8,13,16,23H,2-3,9-12H2,(H,22,25). The van der Waals surface area contributed by atoms with Gasteiger partial charge in [-0.3, -0.25) is 4.79 Å². The van der Waals surface area contributed by atoms with Gasteiger partial charge in [-0.2, -0.15) is 0 Å². The van der Waals surface area contributed by atoms with Crippen LogP contribution in [0.25, 0.3) is 0 Å². The Morgan fingerprint density at radius 3 is 2.41 bits per heavy atom. The van der Waals surface area contributed by atoms with Crippen molar-refractivity contribution in [2.45, 2.75) is 23.8 Å². The molecular weight excluding hydrogens is 414 g/mol. The van der Waals surface area contributed by atoms with Crippen LogP contribution < -0.4 is 14.9 Å². The smallest absolute Gasteiger partial charge is 0.255 e. The van der Waals surface area contributed by atoms with Gasteiger partial charge in [0.2, 0.25) is 10.0 Å². The molecule has 0 spiro atoms. The first-order valence-corrected chi connectivity index (χ1v) is 11.3. The molecule has 1 saturated heterocycles. The van der Waals surface area contributed by atoms with Gasteiger partial charge in [-0.25, -0.2) is 13.1 Å². The normalized spacial score (nSPS) is 17.2. The third-order valence-electron chi connectivity index (χ3n) is 4.88. The molecule has 0 unspecified atom stereocenters. The van der Waals surface area contributed by atoms with E-state index < -0.39 is 15.9 Å². The summed E-state index contributed by atoms with van der Waals surface area (Å²) in [5.74, 6) is -0.399. The van der Waals surface area contributed by atoms with Gasteiger partial charge in [-0.15, -0.1) is 0 Å². The Labute approximate surface area is 175 Å². The lowest BCUT2D eigenvalue weighted by Gasteiger charge is -2.28. The average Bonchev–Trinajstić information content (AvgIpc) is 3.52. The fourth-order valence-corrected chi connectivity index (χ4v) is 4.95. The molecule has 1 aliphatic heterocycles. The number of morpholine rings is 1. The summed E-state index contributed by atoms with van der Waals surface area (Å²) in [6, 6.07) is 11.7. The van der Waals surface area contributed by atoms with Crippen LogP contribution >= 0.6 is 11.6 Å². The molecule has 1 aliphatic carbocycles. The number of rotatable bonds is 6. The van der Waals surface area contributed by atoms with E-state index in [1.54, 1.807) is 0 Å². The number of amides is 1. The number of nitrogens with zero attached hydrogens (tertiary/aromatic N) is 1. The average molecular weight is 436 g/mol. The number of carbonyl (C=O) groups excluding carboxylic acids is 1. The number of anilines is 2. The zero-order chi connectivity index (χ0) is 20.4. The van der Waals surface area contributed by atoms with Crippen molar-refractivity contribution in [3.63, 3.8) is 0 Å². The molecule has 0 atom stereocenters. The minimum atomic E-state index is -3.75. The Balaban J connectivity index is 1.47. The highest BCUT2D eigenvalue weighted by Crippen LogP contribution is 2.27. The third kappa shape index (κ3) is 4.90. The number of hydrogen-bond acceptors (Lipinski definition) is 5. The Kier molecular flexibility index (Phi) is 5.78. The summed E-state index contributed by atoms with van der Waals surface area (Å²) < 4.78 is 32.9. The van der Waals surface area contributed by atoms with E-state index in [9.17, 15) is 13.2 Å². The molecule has 4 rings (SSSR count). The Bertz CT molecular complexity index is 1000. The molecule has 0 aromatic heterocycles. The van der Waals surface area contributed by atoms with Crippen LogP contribution in [0, 0.1) is 0 Å². The van der Waals surface area contributed by atoms with Gasteiger partial charge in [0.15, 0.2) is 0 Å². The van der Waals surface area contributed by atoms with Crippen LogP contribution in [0.4, 0.5) is 11.4 Å². The van der Waals surface area contributed by atoms with Crippen molar-refractivity contribution < 1.29 is 17.9 Å². The molecule has 1 saturated carbocycles. The fourth-order valence-electron chi connectivity index (χ4n) is 3.12. The second-order valence-corrected chi connectivity index (χ2v) is 9.23. The highest BCUT2D eigenvalue weighted by Gasteiger charge is 2.29. The maximum atomic E-state index is 12.6. The van der Waals surface area contributed by atoms with Crippen molar-refractivity contribution in [2.75, 3.05) is 36.5 Å². The predicted molar refractivity (Wildman–Crippen MR) is 112 cm³/mol. The first-order valence-electron chi connectivity index (χ1n) is 9.48. The van der Waals surface area contributed by atoms with E-state index in [2.05, 4.69) is 14.9 Å². The second-order valence-electron chi connectivity index (χ2n) is 7.14. The van der Waals surface area contributed by atoms with Gasteiger partial charge in [0, 0.05) is 36.1 Å².